The molecule has 0 amide bonds. The highest BCUT2D eigenvalue weighted by atomic mass is 32.2. The van der Waals surface area contributed by atoms with Gasteiger partial charge in [-0.25, -0.2) is 4.39 Å². The number of nitrogens with zero attached hydrogens (tertiary/aromatic N) is 1. The SMILES string of the molecule is C[C@H](N)c1cccc(F)c1Sc1ccncc1. The normalized spacial score (nSPS) is 12.4. The molecule has 0 spiro atoms. The monoisotopic (exact) mass is 248 g/mol. The molecule has 0 aliphatic heterocycles. The summed E-state index contributed by atoms with van der Waals surface area (Å²) in [6, 6.07) is 8.51. The molecule has 0 unspecified atom stereocenters. The van der Waals surface area contributed by atoms with Gasteiger partial charge in [-0.1, -0.05) is 23.9 Å². The molecule has 1 aromatic carbocycles. The standard InChI is InChI=1S/C13H13FN2S/c1-9(15)11-3-2-4-12(14)13(11)17-10-5-7-16-8-6-10/h2-9H,15H2,1H3/t9-/m0/s1. The van der Waals surface area contributed by atoms with Crippen molar-refractivity contribution in [3.8, 4) is 0 Å². The molecule has 1 atom stereocenters. The minimum absolute atomic E-state index is 0.185. The average Bonchev–Trinajstić information content (AvgIpc) is 2.33. The summed E-state index contributed by atoms with van der Waals surface area (Å²) >= 11 is 1.37. The van der Waals surface area contributed by atoms with Crippen molar-refractivity contribution in [2.75, 3.05) is 0 Å². The molecule has 0 saturated carbocycles. The van der Waals surface area contributed by atoms with E-state index in [4.69, 9.17) is 5.73 Å². The maximum absolute atomic E-state index is 13.8. The van der Waals surface area contributed by atoms with Gasteiger partial charge in [-0.2, -0.15) is 0 Å². The van der Waals surface area contributed by atoms with Crippen LogP contribution in [0.1, 0.15) is 18.5 Å². The zero-order valence-electron chi connectivity index (χ0n) is 9.43. The second-order valence-corrected chi connectivity index (χ2v) is 4.82. The second-order valence-electron chi connectivity index (χ2n) is 3.73. The van der Waals surface area contributed by atoms with Gasteiger partial charge in [0.15, 0.2) is 0 Å². The third-order valence-corrected chi connectivity index (χ3v) is 3.50. The van der Waals surface area contributed by atoms with Gasteiger partial charge in [0.2, 0.25) is 0 Å². The Hall–Kier alpha value is -1.39. The van der Waals surface area contributed by atoms with Crippen LogP contribution in [-0.2, 0) is 0 Å². The number of hydrogen-bond acceptors (Lipinski definition) is 3. The zero-order valence-corrected chi connectivity index (χ0v) is 10.2. The molecule has 1 aromatic heterocycles. The first-order chi connectivity index (χ1) is 8.18. The molecule has 0 aliphatic rings. The highest BCUT2D eigenvalue weighted by Crippen LogP contribution is 2.34. The Morgan fingerprint density at radius 3 is 2.59 bits per heavy atom. The molecule has 4 heteroatoms. The summed E-state index contributed by atoms with van der Waals surface area (Å²) in [7, 11) is 0. The van der Waals surface area contributed by atoms with Gasteiger partial charge in [0.1, 0.15) is 5.82 Å². The summed E-state index contributed by atoms with van der Waals surface area (Å²) in [6.07, 6.45) is 3.38. The molecule has 2 nitrogen and oxygen atoms in total. The fourth-order valence-corrected chi connectivity index (χ4v) is 2.55. The van der Waals surface area contributed by atoms with E-state index >= 15 is 0 Å². The lowest BCUT2D eigenvalue weighted by Crippen LogP contribution is -2.07. The topological polar surface area (TPSA) is 38.9 Å². The minimum atomic E-state index is -0.235. The molecule has 88 valence electrons. The van der Waals surface area contributed by atoms with Gasteiger partial charge in [-0.3, -0.25) is 4.98 Å². The van der Waals surface area contributed by atoms with Crippen LogP contribution >= 0.6 is 11.8 Å². The molecule has 0 bridgehead atoms. The third kappa shape index (κ3) is 2.84. The number of rotatable bonds is 3. The number of benzene rings is 1. The first-order valence-electron chi connectivity index (χ1n) is 5.30. The van der Waals surface area contributed by atoms with Crippen LogP contribution in [-0.4, -0.2) is 4.98 Å². The van der Waals surface area contributed by atoms with E-state index < -0.39 is 0 Å². The van der Waals surface area contributed by atoms with Crippen LogP contribution in [0.4, 0.5) is 4.39 Å². The van der Waals surface area contributed by atoms with Crippen molar-refractivity contribution in [2.24, 2.45) is 5.73 Å². The van der Waals surface area contributed by atoms with Crippen LogP contribution in [0.5, 0.6) is 0 Å². The van der Waals surface area contributed by atoms with Crippen molar-refractivity contribution >= 4 is 11.8 Å². The summed E-state index contributed by atoms with van der Waals surface area (Å²) in [5.74, 6) is -0.235. The van der Waals surface area contributed by atoms with Gasteiger partial charge in [0.25, 0.3) is 0 Å². The van der Waals surface area contributed by atoms with Crippen molar-refractivity contribution in [2.45, 2.75) is 22.8 Å². The molecule has 2 rings (SSSR count). The Kier molecular flexibility index (Phi) is 3.76. The van der Waals surface area contributed by atoms with Gasteiger partial charge in [0, 0.05) is 23.3 Å². The van der Waals surface area contributed by atoms with Gasteiger partial charge < -0.3 is 5.73 Å². The molecule has 0 aliphatic carbocycles. The van der Waals surface area contributed by atoms with Crippen molar-refractivity contribution in [3.05, 3.63) is 54.1 Å². The highest BCUT2D eigenvalue weighted by molar-refractivity contribution is 7.99. The van der Waals surface area contributed by atoms with E-state index in [9.17, 15) is 4.39 Å². The maximum atomic E-state index is 13.8. The van der Waals surface area contributed by atoms with Crippen LogP contribution in [0.2, 0.25) is 0 Å². The van der Waals surface area contributed by atoms with E-state index in [0.717, 1.165) is 10.5 Å². The minimum Gasteiger partial charge on any atom is -0.324 e. The molecule has 2 aromatic rings. The van der Waals surface area contributed by atoms with E-state index in [1.807, 2.05) is 25.1 Å². The smallest absolute Gasteiger partial charge is 0.137 e. The Labute approximate surface area is 104 Å². The summed E-state index contributed by atoms with van der Waals surface area (Å²) in [4.78, 5) is 5.48. The van der Waals surface area contributed by atoms with Gasteiger partial charge >= 0.3 is 0 Å². The summed E-state index contributed by atoms with van der Waals surface area (Å²) < 4.78 is 13.8. The average molecular weight is 248 g/mol. The van der Waals surface area contributed by atoms with Gasteiger partial charge in [-0.15, -0.1) is 0 Å². The van der Waals surface area contributed by atoms with Gasteiger partial charge in [-0.05, 0) is 30.7 Å². The maximum Gasteiger partial charge on any atom is 0.137 e. The lowest BCUT2D eigenvalue weighted by molar-refractivity contribution is 0.591. The molecular weight excluding hydrogens is 235 g/mol. The second kappa shape index (κ2) is 5.29. The Morgan fingerprint density at radius 1 is 1.24 bits per heavy atom. The number of aromatic nitrogens is 1. The highest BCUT2D eigenvalue weighted by Gasteiger charge is 2.12. The van der Waals surface area contributed by atoms with Crippen molar-refractivity contribution in [1.29, 1.82) is 0 Å². The van der Waals surface area contributed by atoms with Crippen LogP contribution in [0.25, 0.3) is 0 Å². The number of hydrogen-bond donors (Lipinski definition) is 1. The molecule has 0 saturated heterocycles. The quantitative estimate of drug-likeness (QED) is 0.905. The van der Waals surface area contributed by atoms with Crippen molar-refractivity contribution in [1.82, 2.24) is 4.98 Å². The van der Waals surface area contributed by atoms with E-state index in [0.29, 0.717) is 4.90 Å². The molecule has 17 heavy (non-hydrogen) atoms. The number of nitrogens with two attached hydrogens (primary N) is 1. The van der Waals surface area contributed by atoms with Gasteiger partial charge in [0.05, 0.1) is 4.90 Å². The largest absolute Gasteiger partial charge is 0.324 e. The zero-order chi connectivity index (χ0) is 12.3. The van der Waals surface area contributed by atoms with Crippen molar-refractivity contribution in [3.63, 3.8) is 0 Å². The Balaban J connectivity index is 2.38. The summed E-state index contributed by atoms with van der Waals surface area (Å²) in [5.41, 5.74) is 6.67. The Bertz CT molecular complexity index is 500. The fourth-order valence-electron chi connectivity index (χ4n) is 1.52. The van der Waals surface area contributed by atoms with E-state index in [-0.39, 0.29) is 11.9 Å². The first-order valence-corrected chi connectivity index (χ1v) is 6.12. The predicted molar refractivity (Wildman–Crippen MR) is 67.4 cm³/mol. The molecule has 2 N–H and O–H groups in total. The van der Waals surface area contributed by atoms with E-state index in [2.05, 4.69) is 4.98 Å². The Morgan fingerprint density at radius 2 is 1.94 bits per heavy atom. The third-order valence-electron chi connectivity index (χ3n) is 2.36. The lowest BCUT2D eigenvalue weighted by Gasteiger charge is -2.12. The molecular formula is C13H13FN2S. The molecule has 0 radical (unpaired) electrons. The predicted octanol–water partition coefficient (Wildman–Crippen LogP) is 3.39. The summed E-state index contributed by atoms with van der Waals surface area (Å²) in [6.45, 7) is 1.85. The van der Waals surface area contributed by atoms with Crippen LogP contribution in [0.3, 0.4) is 0 Å². The first kappa shape index (κ1) is 12.1. The van der Waals surface area contributed by atoms with Crippen molar-refractivity contribution < 1.29 is 4.39 Å². The number of pyridine rings is 1. The number of halogens is 1. The lowest BCUT2D eigenvalue weighted by atomic mass is 10.1. The van der Waals surface area contributed by atoms with E-state index in [1.54, 1.807) is 18.5 Å². The molecule has 1 heterocycles. The van der Waals surface area contributed by atoms with Crippen LogP contribution in [0.15, 0.2) is 52.5 Å². The molecule has 0 fully saturated rings. The van der Waals surface area contributed by atoms with Crippen LogP contribution in [0, 0.1) is 5.82 Å². The van der Waals surface area contributed by atoms with Crippen LogP contribution < -0.4 is 5.73 Å². The summed E-state index contributed by atoms with van der Waals surface area (Å²) in [5, 5.41) is 0. The fraction of sp³-hybridized carbons (Fsp3) is 0.154. The van der Waals surface area contributed by atoms with E-state index in [1.165, 1.54) is 17.8 Å².